The molecule has 2 heterocycles. The number of hydrogen-bond acceptors (Lipinski definition) is 4. The second kappa shape index (κ2) is 7.65. The Balaban J connectivity index is 1.64. The lowest BCUT2D eigenvalue weighted by atomic mass is 10.1. The fraction of sp³-hybridized carbons (Fsp3) is 0.538. The molecule has 0 bridgehead atoms. The van der Waals surface area contributed by atoms with Gasteiger partial charge >= 0.3 is 0 Å². The minimum Gasteiger partial charge on any atom is -0.366 e. The van der Waals surface area contributed by atoms with E-state index in [1.165, 1.54) is 30.9 Å². The lowest BCUT2D eigenvalue weighted by Crippen LogP contribution is -2.17. The molecule has 0 aliphatic carbocycles. The van der Waals surface area contributed by atoms with E-state index in [-0.39, 0.29) is 11.3 Å². The summed E-state index contributed by atoms with van der Waals surface area (Å²) in [6.07, 6.45) is 8.01. The normalized spacial score (nSPS) is 18.4. The number of unbranched alkanes of at least 4 members (excludes halogenated alkanes) is 1. The standard InChI is InChI=1S/C13H18N2O2S2/c16-12-5-7-14-9-11(12)15-13(17)4-2-1-3-10-6-8-18-19-10/h5,7,9-10H,1-4,6,8H2,(H,14,16)(H,15,17). The summed E-state index contributed by atoms with van der Waals surface area (Å²) in [5.74, 6) is 1.18. The molecule has 1 unspecified atom stereocenters. The first-order valence-corrected chi connectivity index (χ1v) is 8.89. The lowest BCUT2D eigenvalue weighted by molar-refractivity contribution is -0.116. The highest BCUT2D eigenvalue weighted by atomic mass is 33.1. The molecule has 19 heavy (non-hydrogen) atoms. The molecule has 0 spiro atoms. The predicted octanol–water partition coefficient (Wildman–Crippen LogP) is 3.03. The van der Waals surface area contributed by atoms with E-state index in [1.54, 1.807) is 6.20 Å². The summed E-state index contributed by atoms with van der Waals surface area (Å²) < 4.78 is 0. The fourth-order valence-electron chi connectivity index (χ4n) is 1.95. The van der Waals surface area contributed by atoms with Crippen molar-refractivity contribution < 1.29 is 4.79 Å². The summed E-state index contributed by atoms with van der Waals surface area (Å²) in [6.45, 7) is 0. The predicted molar refractivity (Wildman–Crippen MR) is 82.6 cm³/mol. The Hall–Kier alpha value is -0.880. The van der Waals surface area contributed by atoms with Crippen molar-refractivity contribution in [2.45, 2.75) is 37.4 Å². The van der Waals surface area contributed by atoms with Crippen LogP contribution in [0.3, 0.4) is 0 Å². The molecule has 1 saturated heterocycles. The van der Waals surface area contributed by atoms with Gasteiger partial charge in [0.1, 0.15) is 5.69 Å². The number of aromatic amines is 1. The van der Waals surface area contributed by atoms with Crippen LogP contribution in [0.4, 0.5) is 5.69 Å². The molecule has 1 amide bonds. The van der Waals surface area contributed by atoms with Crippen LogP contribution < -0.4 is 10.7 Å². The van der Waals surface area contributed by atoms with Gasteiger partial charge in [-0.2, -0.15) is 0 Å². The molecular formula is C13H18N2O2S2. The Morgan fingerprint density at radius 3 is 3.11 bits per heavy atom. The molecule has 1 aromatic rings. The van der Waals surface area contributed by atoms with E-state index in [1.807, 2.05) is 21.6 Å². The zero-order chi connectivity index (χ0) is 13.5. The third-order valence-electron chi connectivity index (χ3n) is 3.01. The molecule has 1 aliphatic heterocycles. The summed E-state index contributed by atoms with van der Waals surface area (Å²) in [5.41, 5.74) is 0.168. The number of rotatable bonds is 6. The molecular weight excluding hydrogens is 280 g/mol. The third kappa shape index (κ3) is 4.95. The summed E-state index contributed by atoms with van der Waals surface area (Å²) >= 11 is 0. The van der Waals surface area contributed by atoms with Crippen LogP contribution in [0.2, 0.25) is 0 Å². The van der Waals surface area contributed by atoms with Crippen LogP contribution in [0.5, 0.6) is 0 Å². The highest BCUT2D eigenvalue weighted by Crippen LogP contribution is 2.39. The Morgan fingerprint density at radius 1 is 1.47 bits per heavy atom. The molecule has 2 rings (SSSR count). The van der Waals surface area contributed by atoms with Crippen LogP contribution in [0.15, 0.2) is 23.3 Å². The summed E-state index contributed by atoms with van der Waals surface area (Å²) in [6, 6.07) is 1.41. The molecule has 0 radical (unpaired) electrons. The first kappa shape index (κ1) is 14.5. The van der Waals surface area contributed by atoms with Gasteiger partial charge in [0.2, 0.25) is 11.3 Å². The topological polar surface area (TPSA) is 62.0 Å². The van der Waals surface area contributed by atoms with Crippen LogP contribution >= 0.6 is 21.6 Å². The fourth-order valence-corrected chi connectivity index (χ4v) is 4.98. The summed E-state index contributed by atoms with van der Waals surface area (Å²) in [4.78, 5) is 25.9. The number of amides is 1. The number of carbonyl (C=O) groups excluding carboxylic acids is 1. The van der Waals surface area contributed by atoms with Crippen molar-refractivity contribution in [3.8, 4) is 0 Å². The molecule has 1 atom stereocenters. The number of carbonyl (C=O) groups is 1. The third-order valence-corrected chi connectivity index (χ3v) is 6.01. The Kier molecular flexibility index (Phi) is 5.85. The highest BCUT2D eigenvalue weighted by Gasteiger charge is 2.15. The van der Waals surface area contributed by atoms with Gasteiger partial charge in [-0.3, -0.25) is 9.59 Å². The first-order valence-electron chi connectivity index (χ1n) is 6.51. The zero-order valence-electron chi connectivity index (χ0n) is 10.7. The minimum atomic E-state index is -0.161. The van der Waals surface area contributed by atoms with Gasteiger partial charge in [-0.1, -0.05) is 28.0 Å². The number of pyridine rings is 1. The number of aromatic nitrogens is 1. The monoisotopic (exact) mass is 298 g/mol. The van der Waals surface area contributed by atoms with Crippen molar-refractivity contribution >= 4 is 33.2 Å². The van der Waals surface area contributed by atoms with Gasteiger partial charge in [0.25, 0.3) is 0 Å². The quantitative estimate of drug-likeness (QED) is 0.626. The van der Waals surface area contributed by atoms with Gasteiger partial charge in [-0.25, -0.2) is 0 Å². The molecule has 6 heteroatoms. The number of H-pyrrole nitrogens is 1. The van der Waals surface area contributed by atoms with E-state index in [2.05, 4.69) is 10.3 Å². The number of anilines is 1. The highest BCUT2D eigenvalue weighted by molar-refractivity contribution is 8.77. The maximum Gasteiger partial charge on any atom is 0.224 e. The maximum atomic E-state index is 11.7. The summed E-state index contributed by atoms with van der Waals surface area (Å²) in [5, 5.41) is 3.42. The second-order valence-electron chi connectivity index (χ2n) is 4.55. The molecule has 1 aromatic heterocycles. The van der Waals surface area contributed by atoms with Crippen LogP contribution in [-0.4, -0.2) is 21.9 Å². The molecule has 4 nitrogen and oxygen atoms in total. The SMILES string of the molecule is O=C(CCCCC1CCSS1)Nc1c[nH]ccc1=O. The molecule has 1 aliphatic rings. The summed E-state index contributed by atoms with van der Waals surface area (Å²) in [7, 11) is 3.93. The molecule has 104 valence electrons. The van der Waals surface area contributed by atoms with Crippen LogP contribution in [0.1, 0.15) is 32.1 Å². The van der Waals surface area contributed by atoms with Gasteiger partial charge < -0.3 is 10.3 Å². The molecule has 2 N–H and O–H groups in total. The van der Waals surface area contributed by atoms with Gasteiger partial charge in [0.15, 0.2) is 0 Å². The van der Waals surface area contributed by atoms with E-state index in [9.17, 15) is 9.59 Å². The lowest BCUT2D eigenvalue weighted by Gasteiger charge is -2.07. The minimum absolute atomic E-state index is 0.0786. The van der Waals surface area contributed by atoms with E-state index in [0.717, 1.165) is 18.1 Å². The molecule has 1 fully saturated rings. The van der Waals surface area contributed by atoms with Crippen molar-refractivity contribution in [2.75, 3.05) is 11.1 Å². The van der Waals surface area contributed by atoms with E-state index in [0.29, 0.717) is 12.1 Å². The van der Waals surface area contributed by atoms with Crippen LogP contribution in [0.25, 0.3) is 0 Å². The first-order chi connectivity index (χ1) is 9.25. The van der Waals surface area contributed by atoms with Crippen molar-refractivity contribution in [1.82, 2.24) is 4.98 Å². The van der Waals surface area contributed by atoms with Gasteiger partial charge in [-0.05, 0) is 19.3 Å². The molecule has 0 saturated carbocycles. The average molecular weight is 298 g/mol. The zero-order valence-corrected chi connectivity index (χ0v) is 12.3. The van der Waals surface area contributed by atoms with Gasteiger partial charge in [-0.15, -0.1) is 0 Å². The maximum absolute atomic E-state index is 11.7. The Bertz CT molecular complexity index is 470. The van der Waals surface area contributed by atoms with Crippen molar-refractivity contribution in [3.63, 3.8) is 0 Å². The largest absolute Gasteiger partial charge is 0.366 e. The van der Waals surface area contributed by atoms with Crippen molar-refractivity contribution in [3.05, 3.63) is 28.7 Å². The van der Waals surface area contributed by atoms with Gasteiger partial charge in [0.05, 0.1) is 0 Å². The number of hydrogen-bond donors (Lipinski definition) is 2. The molecule has 0 aromatic carbocycles. The van der Waals surface area contributed by atoms with Crippen molar-refractivity contribution in [1.29, 1.82) is 0 Å². The van der Waals surface area contributed by atoms with E-state index < -0.39 is 0 Å². The van der Waals surface area contributed by atoms with Gasteiger partial charge in [0, 0.05) is 35.9 Å². The Morgan fingerprint density at radius 2 is 2.37 bits per heavy atom. The Labute approximate surface area is 120 Å². The average Bonchev–Trinajstić information content (AvgIpc) is 2.91. The van der Waals surface area contributed by atoms with E-state index in [4.69, 9.17) is 0 Å². The van der Waals surface area contributed by atoms with Crippen LogP contribution in [0, 0.1) is 0 Å². The second-order valence-corrected chi connectivity index (χ2v) is 7.33. The van der Waals surface area contributed by atoms with Crippen molar-refractivity contribution in [2.24, 2.45) is 0 Å². The smallest absolute Gasteiger partial charge is 0.224 e. The number of nitrogens with one attached hydrogen (secondary N) is 2. The van der Waals surface area contributed by atoms with E-state index >= 15 is 0 Å². The van der Waals surface area contributed by atoms with Crippen LogP contribution in [-0.2, 0) is 4.79 Å².